The maximum absolute atomic E-state index is 5.74. The zero-order chi connectivity index (χ0) is 13.0. The van der Waals surface area contributed by atoms with Crippen molar-refractivity contribution in [3.63, 3.8) is 0 Å². The summed E-state index contributed by atoms with van der Waals surface area (Å²) in [5.41, 5.74) is 6.08. The van der Waals surface area contributed by atoms with E-state index in [1.54, 1.807) is 0 Å². The normalized spacial score (nSPS) is 40.0. The minimum Gasteiger partial charge on any atom is -0.329 e. The number of aryl methyl sites for hydroxylation is 1. The second-order valence-electron chi connectivity index (χ2n) is 7.19. The fraction of sp³-hybridized carbons (Fsp3) is 0.867. The molecule has 1 aromatic rings. The number of rotatable bonds is 3. The van der Waals surface area contributed by atoms with E-state index in [0.29, 0.717) is 12.0 Å². The molecule has 1 heterocycles. The Balaban J connectivity index is 1.75. The maximum Gasteiger partial charge on any atom is 0.147 e. The first-order valence-electron chi connectivity index (χ1n) is 7.80. The van der Waals surface area contributed by atoms with E-state index in [1.807, 2.05) is 6.92 Å². The van der Waals surface area contributed by atoms with Gasteiger partial charge in [-0.25, -0.2) is 9.67 Å². The van der Waals surface area contributed by atoms with Crippen LogP contribution in [0.15, 0.2) is 0 Å². The van der Waals surface area contributed by atoms with Gasteiger partial charge in [-0.05, 0) is 63.2 Å². The van der Waals surface area contributed by atoms with Crippen LogP contribution in [-0.4, -0.2) is 21.3 Å². The highest BCUT2D eigenvalue weighted by atomic mass is 15.4. The Hall–Kier alpha value is -0.900. The average molecular weight is 260 g/mol. The van der Waals surface area contributed by atoms with E-state index in [2.05, 4.69) is 9.78 Å². The molecular formula is C15H24N4. The lowest BCUT2D eigenvalue weighted by Crippen LogP contribution is -2.50. The topological polar surface area (TPSA) is 56.7 Å². The highest BCUT2D eigenvalue weighted by Gasteiger charge is 2.53. The van der Waals surface area contributed by atoms with E-state index >= 15 is 0 Å². The third kappa shape index (κ3) is 1.76. The van der Waals surface area contributed by atoms with Gasteiger partial charge in [-0.2, -0.15) is 5.10 Å². The lowest BCUT2D eigenvalue weighted by Gasteiger charge is -2.56. The Labute approximate surface area is 114 Å². The van der Waals surface area contributed by atoms with Crippen molar-refractivity contribution >= 4 is 0 Å². The smallest absolute Gasteiger partial charge is 0.147 e. The molecule has 5 rings (SSSR count). The second kappa shape index (κ2) is 4.05. The fourth-order valence-electron chi connectivity index (χ4n) is 5.51. The maximum atomic E-state index is 5.74. The minimum absolute atomic E-state index is 0.338. The largest absolute Gasteiger partial charge is 0.329 e. The van der Waals surface area contributed by atoms with Crippen molar-refractivity contribution in [1.29, 1.82) is 0 Å². The van der Waals surface area contributed by atoms with Gasteiger partial charge in [-0.3, -0.25) is 0 Å². The van der Waals surface area contributed by atoms with E-state index in [1.165, 1.54) is 44.3 Å². The van der Waals surface area contributed by atoms with Crippen LogP contribution in [0.1, 0.15) is 50.2 Å². The summed E-state index contributed by atoms with van der Waals surface area (Å²) < 4.78 is 2.11. The molecule has 0 saturated heterocycles. The summed E-state index contributed by atoms with van der Waals surface area (Å²) in [6, 6.07) is 0. The van der Waals surface area contributed by atoms with Crippen LogP contribution in [-0.2, 0) is 12.0 Å². The van der Waals surface area contributed by atoms with Gasteiger partial charge in [0.2, 0.25) is 0 Å². The number of hydrogen-bond donors (Lipinski definition) is 1. The predicted octanol–water partition coefficient (Wildman–Crippen LogP) is 2.01. The first-order valence-corrected chi connectivity index (χ1v) is 7.80. The summed E-state index contributed by atoms with van der Waals surface area (Å²) in [7, 11) is 0. The molecule has 0 amide bonds. The molecule has 4 saturated carbocycles. The lowest BCUT2D eigenvalue weighted by molar-refractivity contribution is -0.0114. The van der Waals surface area contributed by atoms with Gasteiger partial charge in [0.1, 0.15) is 11.6 Å². The Bertz CT molecular complexity index is 455. The summed E-state index contributed by atoms with van der Waals surface area (Å²) in [6.07, 6.45) is 8.47. The Morgan fingerprint density at radius 3 is 2.26 bits per heavy atom. The molecule has 4 aliphatic carbocycles. The highest BCUT2D eigenvalue weighted by Crippen LogP contribution is 2.60. The summed E-state index contributed by atoms with van der Waals surface area (Å²) in [6.45, 7) is 3.48. The quantitative estimate of drug-likeness (QED) is 0.904. The Morgan fingerprint density at radius 1 is 1.16 bits per heavy atom. The molecule has 4 bridgehead atoms. The third-order valence-electron chi connectivity index (χ3n) is 5.63. The molecule has 0 aliphatic heterocycles. The summed E-state index contributed by atoms with van der Waals surface area (Å²) in [5.74, 6) is 5.03. The zero-order valence-electron chi connectivity index (χ0n) is 11.8. The van der Waals surface area contributed by atoms with Crippen LogP contribution in [0.25, 0.3) is 0 Å². The second-order valence-corrected chi connectivity index (χ2v) is 7.19. The molecule has 1 aromatic heterocycles. The first-order chi connectivity index (χ1) is 9.18. The van der Waals surface area contributed by atoms with E-state index in [-0.39, 0.29) is 0 Å². The number of hydrogen-bond acceptors (Lipinski definition) is 3. The minimum atomic E-state index is 0.338. The molecular weight excluding hydrogens is 236 g/mol. The van der Waals surface area contributed by atoms with E-state index < -0.39 is 0 Å². The molecule has 4 nitrogen and oxygen atoms in total. The monoisotopic (exact) mass is 260 g/mol. The summed E-state index contributed by atoms with van der Waals surface area (Å²) in [5, 5.41) is 4.58. The first kappa shape index (κ1) is 11.9. The van der Waals surface area contributed by atoms with E-state index in [4.69, 9.17) is 10.7 Å². The molecule has 0 spiro atoms. The zero-order valence-corrected chi connectivity index (χ0v) is 11.8. The Morgan fingerprint density at radius 2 is 1.74 bits per heavy atom. The van der Waals surface area contributed by atoms with Crippen LogP contribution < -0.4 is 5.73 Å². The molecule has 0 unspecified atom stereocenters. The third-order valence-corrected chi connectivity index (χ3v) is 5.63. The van der Waals surface area contributed by atoms with Crippen LogP contribution in [0.3, 0.4) is 0 Å². The predicted molar refractivity (Wildman–Crippen MR) is 73.7 cm³/mol. The molecule has 2 N–H and O–H groups in total. The van der Waals surface area contributed by atoms with Crippen molar-refractivity contribution in [2.45, 2.75) is 57.4 Å². The van der Waals surface area contributed by atoms with Gasteiger partial charge in [0.05, 0.1) is 6.54 Å². The van der Waals surface area contributed by atoms with Gasteiger partial charge < -0.3 is 5.73 Å². The molecule has 104 valence electrons. The van der Waals surface area contributed by atoms with Crippen molar-refractivity contribution in [3.05, 3.63) is 11.6 Å². The van der Waals surface area contributed by atoms with Gasteiger partial charge >= 0.3 is 0 Å². The van der Waals surface area contributed by atoms with Gasteiger partial charge in [0.15, 0.2) is 0 Å². The molecule has 0 aromatic carbocycles. The van der Waals surface area contributed by atoms with Crippen LogP contribution in [0.5, 0.6) is 0 Å². The number of nitrogens with two attached hydrogens (primary N) is 1. The molecule has 4 aliphatic rings. The van der Waals surface area contributed by atoms with E-state index in [0.717, 1.165) is 30.1 Å². The van der Waals surface area contributed by atoms with Crippen molar-refractivity contribution in [2.24, 2.45) is 23.5 Å². The molecule has 4 heteroatoms. The summed E-state index contributed by atoms with van der Waals surface area (Å²) in [4.78, 5) is 4.82. The van der Waals surface area contributed by atoms with Crippen LogP contribution in [0.4, 0.5) is 0 Å². The van der Waals surface area contributed by atoms with Crippen molar-refractivity contribution in [2.75, 3.05) is 6.54 Å². The molecule has 19 heavy (non-hydrogen) atoms. The summed E-state index contributed by atoms with van der Waals surface area (Å²) >= 11 is 0. The van der Waals surface area contributed by atoms with E-state index in [9.17, 15) is 0 Å². The van der Waals surface area contributed by atoms with Crippen molar-refractivity contribution in [1.82, 2.24) is 14.8 Å². The van der Waals surface area contributed by atoms with Gasteiger partial charge in [0.25, 0.3) is 0 Å². The SMILES string of the molecule is Cc1nc(C23CC4CC(CC(C4)C2)C3)n(CCN)n1. The average Bonchev–Trinajstić information content (AvgIpc) is 2.70. The van der Waals surface area contributed by atoms with Crippen LogP contribution in [0.2, 0.25) is 0 Å². The Kier molecular flexibility index (Phi) is 2.53. The van der Waals surface area contributed by atoms with Crippen LogP contribution in [0, 0.1) is 24.7 Å². The highest BCUT2D eigenvalue weighted by molar-refractivity contribution is 5.18. The lowest BCUT2D eigenvalue weighted by atomic mass is 9.49. The van der Waals surface area contributed by atoms with Crippen LogP contribution >= 0.6 is 0 Å². The number of nitrogens with zero attached hydrogens (tertiary/aromatic N) is 3. The van der Waals surface area contributed by atoms with Crippen molar-refractivity contribution in [3.8, 4) is 0 Å². The molecule has 0 atom stereocenters. The fourth-order valence-corrected chi connectivity index (χ4v) is 5.51. The van der Waals surface area contributed by atoms with Gasteiger partial charge in [-0.1, -0.05) is 0 Å². The molecule has 4 fully saturated rings. The standard InChI is InChI=1S/C15H24N4/c1-10-17-14(19(18-10)3-2-16)15-7-11-4-12(8-15)6-13(5-11)9-15/h11-13H,2-9,16H2,1H3. The van der Waals surface area contributed by atoms with Gasteiger partial charge in [-0.15, -0.1) is 0 Å². The van der Waals surface area contributed by atoms with Gasteiger partial charge in [0, 0.05) is 12.0 Å². The number of aromatic nitrogens is 3. The molecule has 0 radical (unpaired) electrons. The van der Waals surface area contributed by atoms with Crippen molar-refractivity contribution < 1.29 is 0 Å².